The molecule has 3 heteroatoms. The van der Waals surface area contributed by atoms with Crippen LogP contribution in [0.4, 0.5) is 0 Å². The predicted octanol–water partition coefficient (Wildman–Crippen LogP) is 0.788. The summed E-state index contributed by atoms with van der Waals surface area (Å²) in [5.41, 5.74) is 5.50. The Bertz CT molecular complexity index is 112. The quantitative estimate of drug-likeness (QED) is 0.468. The van der Waals surface area contributed by atoms with Gasteiger partial charge in [-0.05, 0) is 6.92 Å². The van der Waals surface area contributed by atoms with E-state index < -0.39 is 0 Å². The Morgan fingerprint density at radius 2 is 2.30 bits per heavy atom. The van der Waals surface area contributed by atoms with Crippen molar-refractivity contribution >= 4 is 5.84 Å². The Hall–Kier alpha value is -0.570. The van der Waals surface area contributed by atoms with E-state index in [9.17, 15) is 0 Å². The van der Waals surface area contributed by atoms with Crippen molar-refractivity contribution in [2.75, 3.05) is 13.7 Å². The van der Waals surface area contributed by atoms with E-state index in [0.29, 0.717) is 12.4 Å². The molecule has 0 aromatic heterocycles. The normalized spacial score (nSPS) is 15.3. The maximum absolute atomic E-state index is 5.50. The van der Waals surface area contributed by atoms with Gasteiger partial charge in [-0.2, -0.15) is 0 Å². The summed E-state index contributed by atoms with van der Waals surface area (Å²) in [5, 5.41) is 0. The van der Waals surface area contributed by atoms with E-state index in [1.807, 2.05) is 13.8 Å². The average molecular weight is 144 g/mol. The molecule has 0 bridgehead atoms. The monoisotopic (exact) mass is 144 g/mol. The predicted molar refractivity (Wildman–Crippen MR) is 43.3 cm³/mol. The summed E-state index contributed by atoms with van der Waals surface area (Å²) in [7, 11) is 1.66. The fraction of sp³-hybridized carbons (Fsp3) is 0.857. The molecule has 2 N–H and O–H groups in total. The summed E-state index contributed by atoms with van der Waals surface area (Å²) < 4.78 is 4.89. The summed E-state index contributed by atoms with van der Waals surface area (Å²) in [4.78, 5) is 4.15. The molecule has 0 aliphatic rings. The first-order valence-electron chi connectivity index (χ1n) is 3.51. The molecule has 0 amide bonds. The van der Waals surface area contributed by atoms with Crippen LogP contribution in [0.5, 0.6) is 0 Å². The highest BCUT2D eigenvalue weighted by atomic mass is 16.5. The fourth-order valence-corrected chi connectivity index (χ4v) is 0.653. The van der Waals surface area contributed by atoms with Gasteiger partial charge in [0.15, 0.2) is 0 Å². The first-order valence-corrected chi connectivity index (χ1v) is 3.51. The van der Waals surface area contributed by atoms with Gasteiger partial charge in [0.25, 0.3) is 0 Å². The zero-order valence-corrected chi connectivity index (χ0v) is 6.92. The number of ether oxygens (including phenoxy) is 1. The maximum Gasteiger partial charge on any atom is 0.0938 e. The second kappa shape index (κ2) is 5.23. The van der Waals surface area contributed by atoms with E-state index in [2.05, 4.69) is 4.99 Å². The molecule has 0 rings (SSSR count). The number of methoxy groups -OCH3 is 1. The fourth-order valence-electron chi connectivity index (χ4n) is 0.653. The minimum absolute atomic E-state index is 0.185. The third-order valence-electron chi connectivity index (χ3n) is 1.16. The lowest BCUT2D eigenvalue weighted by molar-refractivity contribution is 0.186. The minimum atomic E-state index is 0.185. The summed E-state index contributed by atoms with van der Waals surface area (Å²) in [6.45, 7) is 4.60. The van der Waals surface area contributed by atoms with Gasteiger partial charge in [0, 0.05) is 13.5 Å². The molecular weight excluding hydrogens is 128 g/mol. The largest absolute Gasteiger partial charge is 0.387 e. The van der Waals surface area contributed by atoms with E-state index in [-0.39, 0.29) is 6.04 Å². The lowest BCUT2D eigenvalue weighted by Gasteiger charge is -2.04. The zero-order valence-electron chi connectivity index (χ0n) is 6.92. The molecule has 1 atom stereocenters. The highest BCUT2D eigenvalue weighted by Gasteiger charge is 1.96. The first-order chi connectivity index (χ1) is 4.70. The van der Waals surface area contributed by atoms with Crippen molar-refractivity contribution < 1.29 is 4.74 Å². The van der Waals surface area contributed by atoms with Crippen molar-refractivity contribution in [1.29, 1.82) is 0 Å². The molecule has 10 heavy (non-hydrogen) atoms. The van der Waals surface area contributed by atoms with Crippen LogP contribution < -0.4 is 5.73 Å². The number of hydrogen-bond acceptors (Lipinski definition) is 2. The maximum atomic E-state index is 5.50. The van der Waals surface area contributed by atoms with Crippen LogP contribution in [-0.2, 0) is 4.74 Å². The van der Waals surface area contributed by atoms with Gasteiger partial charge in [0.1, 0.15) is 0 Å². The number of aliphatic imine (C=N–C) groups is 1. The molecule has 0 aromatic rings. The number of nitrogens with two attached hydrogens (primary N) is 1. The third kappa shape index (κ3) is 4.32. The Kier molecular flexibility index (Phi) is 4.94. The van der Waals surface area contributed by atoms with E-state index in [1.54, 1.807) is 7.11 Å². The van der Waals surface area contributed by atoms with Crippen molar-refractivity contribution in [2.24, 2.45) is 10.7 Å². The number of amidine groups is 1. The van der Waals surface area contributed by atoms with Gasteiger partial charge in [-0.25, -0.2) is 0 Å². The van der Waals surface area contributed by atoms with Crippen LogP contribution in [-0.4, -0.2) is 25.6 Å². The molecule has 0 saturated carbocycles. The first kappa shape index (κ1) is 9.43. The van der Waals surface area contributed by atoms with Gasteiger partial charge >= 0.3 is 0 Å². The average Bonchev–Trinajstić information content (AvgIpc) is 1.88. The van der Waals surface area contributed by atoms with Gasteiger partial charge in [0.2, 0.25) is 0 Å². The Morgan fingerprint density at radius 3 is 2.70 bits per heavy atom. The summed E-state index contributed by atoms with van der Waals surface area (Å²) in [6, 6.07) is 0.185. The molecule has 60 valence electrons. The minimum Gasteiger partial charge on any atom is -0.387 e. The van der Waals surface area contributed by atoms with E-state index in [1.165, 1.54) is 0 Å². The Balaban J connectivity index is 3.62. The lowest BCUT2D eigenvalue weighted by Crippen LogP contribution is -2.16. The Morgan fingerprint density at radius 1 is 1.70 bits per heavy atom. The second-order valence-electron chi connectivity index (χ2n) is 2.28. The standard InChI is InChI=1S/C7H16N2O/c1-4-7(8)9-6(2)5-10-3/h6H,4-5H2,1-3H3,(H2,8,9). The smallest absolute Gasteiger partial charge is 0.0938 e. The molecule has 0 heterocycles. The third-order valence-corrected chi connectivity index (χ3v) is 1.16. The van der Waals surface area contributed by atoms with Crippen molar-refractivity contribution in [3.63, 3.8) is 0 Å². The Labute approximate surface area is 62.3 Å². The van der Waals surface area contributed by atoms with Gasteiger partial charge in [-0.15, -0.1) is 0 Å². The zero-order chi connectivity index (χ0) is 7.98. The molecule has 0 saturated heterocycles. The number of nitrogens with zero attached hydrogens (tertiary/aromatic N) is 1. The van der Waals surface area contributed by atoms with E-state index in [0.717, 1.165) is 6.42 Å². The molecular formula is C7H16N2O. The molecule has 0 aliphatic carbocycles. The van der Waals surface area contributed by atoms with Crippen LogP contribution in [0, 0.1) is 0 Å². The van der Waals surface area contributed by atoms with Crippen LogP contribution >= 0.6 is 0 Å². The van der Waals surface area contributed by atoms with Gasteiger partial charge in [0.05, 0.1) is 18.5 Å². The van der Waals surface area contributed by atoms with Crippen LogP contribution in [0.25, 0.3) is 0 Å². The summed E-state index contributed by atoms with van der Waals surface area (Å²) >= 11 is 0. The number of hydrogen-bond donors (Lipinski definition) is 1. The van der Waals surface area contributed by atoms with Crippen LogP contribution in [0.15, 0.2) is 4.99 Å². The SMILES string of the molecule is CCC(N)=NC(C)COC. The molecule has 0 spiro atoms. The molecule has 0 radical (unpaired) electrons. The van der Waals surface area contributed by atoms with Crippen molar-refractivity contribution in [3.8, 4) is 0 Å². The van der Waals surface area contributed by atoms with Crippen molar-refractivity contribution in [1.82, 2.24) is 0 Å². The van der Waals surface area contributed by atoms with Gasteiger partial charge in [-0.3, -0.25) is 4.99 Å². The van der Waals surface area contributed by atoms with Crippen LogP contribution in [0.2, 0.25) is 0 Å². The molecule has 1 unspecified atom stereocenters. The highest BCUT2D eigenvalue weighted by molar-refractivity contribution is 5.80. The van der Waals surface area contributed by atoms with Crippen molar-refractivity contribution in [3.05, 3.63) is 0 Å². The topological polar surface area (TPSA) is 47.6 Å². The molecule has 0 aliphatic heterocycles. The molecule has 0 aromatic carbocycles. The lowest BCUT2D eigenvalue weighted by atomic mass is 10.3. The summed E-state index contributed by atoms with van der Waals surface area (Å²) in [5.74, 6) is 0.699. The second-order valence-corrected chi connectivity index (χ2v) is 2.28. The van der Waals surface area contributed by atoms with E-state index in [4.69, 9.17) is 10.5 Å². The molecule has 0 fully saturated rings. The van der Waals surface area contributed by atoms with E-state index >= 15 is 0 Å². The van der Waals surface area contributed by atoms with Crippen molar-refractivity contribution in [2.45, 2.75) is 26.3 Å². The number of rotatable bonds is 4. The van der Waals surface area contributed by atoms with Gasteiger partial charge in [-0.1, -0.05) is 6.92 Å². The molecule has 3 nitrogen and oxygen atoms in total. The highest BCUT2D eigenvalue weighted by Crippen LogP contribution is 1.90. The summed E-state index contributed by atoms with van der Waals surface area (Å²) in [6.07, 6.45) is 0.814. The van der Waals surface area contributed by atoms with Crippen LogP contribution in [0.1, 0.15) is 20.3 Å². The van der Waals surface area contributed by atoms with Gasteiger partial charge < -0.3 is 10.5 Å². The van der Waals surface area contributed by atoms with Crippen LogP contribution in [0.3, 0.4) is 0 Å².